The van der Waals surface area contributed by atoms with Crippen molar-refractivity contribution in [3.05, 3.63) is 29.6 Å². The lowest BCUT2D eigenvalue weighted by molar-refractivity contribution is -0.132. The van der Waals surface area contributed by atoms with Gasteiger partial charge in [0, 0.05) is 32.6 Å². The van der Waals surface area contributed by atoms with Gasteiger partial charge in [0.1, 0.15) is 5.82 Å². The second-order valence-electron chi connectivity index (χ2n) is 7.79. The zero-order chi connectivity index (χ0) is 18.8. The molecule has 5 nitrogen and oxygen atoms in total. The Kier molecular flexibility index (Phi) is 5.89. The van der Waals surface area contributed by atoms with Crippen LogP contribution in [0.3, 0.4) is 0 Å². The zero-order valence-electron chi connectivity index (χ0n) is 15.4. The van der Waals surface area contributed by atoms with Crippen molar-refractivity contribution in [1.82, 2.24) is 9.21 Å². The molecule has 1 heterocycles. The van der Waals surface area contributed by atoms with E-state index in [0.717, 1.165) is 0 Å². The van der Waals surface area contributed by atoms with E-state index in [-0.39, 0.29) is 22.8 Å². The van der Waals surface area contributed by atoms with E-state index in [2.05, 4.69) is 0 Å². The second kappa shape index (κ2) is 7.41. The van der Waals surface area contributed by atoms with E-state index in [1.54, 1.807) is 11.8 Å². The van der Waals surface area contributed by atoms with E-state index in [1.165, 1.54) is 22.5 Å². The largest absolute Gasteiger partial charge is 0.341 e. The summed E-state index contributed by atoms with van der Waals surface area (Å²) < 4.78 is 40.4. The third-order valence-corrected chi connectivity index (χ3v) is 6.15. The van der Waals surface area contributed by atoms with Crippen LogP contribution in [0.15, 0.2) is 23.1 Å². The molecule has 0 aromatic heterocycles. The quantitative estimate of drug-likeness (QED) is 0.822. The highest BCUT2D eigenvalue weighted by Crippen LogP contribution is 2.23. The lowest BCUT2D eigenvalue weighted by atomic mass is 9.91. The van der Waals surface area contributed by atoms with Crippen LogP contribution in [0.25, 0.3) is 0 Å². The number of benzene rings is 1. The maximum Gasteiger partial charge on any atom is 0.243 e. The molecule has 1 fully saturated rings. The Labute approximate surface area is 149 Å². The molecule has 1 saturated heterocycles. The number of carbonyl (C=O) groups excluding carboxylic acids is 1. The number of sulfonamides is 1. The van der Waals surface area contributed by atoms with Gasteiger partial charge in [-0.3, -0.25) is 4.79 Å². The SMILES string of the molecule is Cc1cc(S(=O)(=O)N2CCCN(C(=O)CC(C)(C)C)CC2)ccc1F. The lowest BCUT2D eigenvalue weighted by Crippen LogP contribution is -2.38. The molecule has 0 saturated carbocycles. The Balaban J connectivity index is 2.11. The minimum atomic E-state index is -3.68. The lowest BCUT2D eigenvalue weighted by Gasteiger charge is -2.25. The summed E-state index contributed by atoms with van der Waals surface area (Å²) in [6.45, 7) is 9.14. The fraction of sp³-hybridized carbons (Fsp3) is 0.611. The van der Waals surface area contributed by atoms with Gasteiger partial charge in [0.15, 0.2) is 0 Å². The number of hydrogen-bond donors (Lipinski definition) is 0. The van der Waals surface area contributed by atoms with Gasteiger partial charge in [-0.2, -0.15) is 4.31 Å². The average molecular weight is 370 g/mol. The monoisotopic (exact) mass is 370 g/mol. The number of nitrogens with zero attached hydrogens (tertiary/aromatic N) is 2. The van der Waals surface area contributed by atoms with E-state index in [9.17, 15) is 17.6 Å². The summed E-state index contributed by atoms with van der Waals surface area (Å²) in [6.07, 6.45) is 1.03. The maximum absolute atomic E-state index is 13.4. The fourth-order valence-electron chi connectivity index (χ4n) is 2.88. The van der Waals surface area contributed by atoms with Crippen LogP contribution in [-0.2, 0) is 14.8 Å². The first-order valence-corrected chi connectivity index (χ1v) is 9.99. The first-order valence-electron chi connectivity index (χ1n) is 8.55. The van der Waals surface area contributed by atoms with Crippen LogP contribution < -0.4 is 0 Å². The average Bonchev–Trinajstić information content (AvgIpc) is 2.74. The molecule has 25 heavy (non-hydrogen) atoms. The number of rotatable bonds is 3. The summed E-state index contributed by atoms with van der Waals surface area (Å²) >= 11 is 0. The molecular weight excluding hydrogens is 343 g/mol. The molecule has 0 bridgehead atoms. The molecule has 140 valence electrons. The molecule has 0 aliphatic carbocycles. The molecule has 7 heteroatoms. The minimum absolute atomic E-state index is 0.0596. The van der Waals surface area contributed by atoms with Crippen molar-refractivity contribution in [3.63, 3.8) is 0 Å². The number of carbonyl (C=O) groups is 1. The predicted molar refractivity (Wildman–Crippen MR) is 95.2 cm³/mol. The standard InChI is InChI=1S/C18H27FN2O3S/c1-14-12-15(6-7-16(14)19)25(23,24)21-9-5-8-20(10-11-21)17(22)13-18(2,3)4/h6-7,12H,5,8-11,13H2,1-4H3. The van der Waals surface area contributed by atoms with Crippen LogP contribution in [0.1, 0.15) is 39.2 Å². The molecule has 1 aromatic carbocycles. The topological polar surface area (TPSA) is 57.7 Å². The smallest absolute Gasteiger partial charge is 0.243 e. The molecule has 1 aliphatic heterocycles. The summed E-state index contributed by atoms with van der Waals surface area (Å²) in [5.41, 5.74) is 0.207. The third-order valence-electron chi connectivity index (χ3n) is 4.26. The number of halogens is 1. The van der Waals surface area contributed by atoms with Crippen LogP contribution in [0, 0.1) is 18.2 Å². The zero-order valence-corrected chi connectivity index (χ0v) is 16.2. The predicted octanol–water partition coefficient (Wildman–Crippen LogP) is 2.79. The molecule has 0 spiro atoms. The molecule has 0 unspecified atom stereocenters. The molecule has 0 atom stereocenters. The van der Waals surface area contributed by atoms with Crippen molar-refractivity contribution in [2.24, 2.45) is 5.41 Å². The number of aryl methyl sites for hydroxylation is 1. The van der Waals surface area contributed by atoms with Crippen molar-refractivity contribution in [1.29, 1.82) is 0 Å². The van der Waals surface area contributed by atoms with Crippen molar-refractivity contribution in [2.75, 3.05) is 26.2 Å². The maximum atomic E-state index is 13.4. The highest BCUT2D eigenvalue weighted by Gasteiger charge is 2.29. The second-order valence-corrected chi connectivity index (χ2v) is 9.72. The van der Waals surface area contributed by atoms with Gasteiger partial charge in [-0.05, 0) is 42.5 Å². The van der Waals surface area contributed by atoms with Crippen molar-refractivity contribution in [2.45, 2.75) is 45.4 Å². The summed E-state index contributed by atoms with van der Waals surface area (Å²) in [4.78, 5) is 14.2. The summed E-state index contributed by atoms with van der Waals surface area (Å²) in [6, 6.07) is 3.84. The van der Waals surface area contributed by atoms with Crippen molar-refractivity contribution < 1.29 is 17.6 Å². The van der Waals surface area contributed by atoms with Crippen molar-refractivity contribution in [3.8, 4) is 0 Å². The van der Waals surface area contributed by atoms with Crippen LogP contribution in [0.4, 0.5) is 4.39 Å². The molecule has 1 amide bonds. The Morgan fingerprint density at radius 1 is 1.16 bits per heavy atom. The van der Waals surface area contributed by atoms with Gasteiger partial charge in [0.25, 0.3) is 0 Å². The Bertz CT molecular complexity index is 741. The first-order chi connectivity index (χ1) is 11.5. The Morgan fingerprint density at radius 3 is 2.44 bits per heavy atom. The first kappa shape index (κ1) is 19.8. The summed E-state index contributed by atoms with van der Waals surface area (Å²) in [7, 11) is -3.68. The van der Waals surface area contributed by atoms with Crippen LogP contribution in [0.2, 0.25) is 0 Å². The van der Waals surface area contributed by atoms with Gasteiger partial charge in [-0.15, -0.1) is 0 Å². The van der Waals surface area contributed by atoms with Gasteiger partial charge in [-0.25, -0.2) is 12.8 Å². The molecule has 0 N–H and O–H groups in total. The summed E-state index contributed by atoms with van der Waals surface area (Å²) in [5.74, 6) is -0.363. The molecular formula is C18H27FN2O3S. The van der Waals surface area contributed by atoms with E-state index < -0.39 is 15.8 Å². The normalized spacial score (nSPS) is 17.4. The van der Waals surface area contributed by atoms with Gasteiger partial charge in [0.2, 0.25) is 15.9 Å². The fourth-order valence-corrected chi connectivity index (χ4v) is 4.43. The van der Waals surface area contributed by atoms with E-state index in [0.29, 0.717) is 38.0 Å². The minimum Gasteiger partial charge on any atom is -0.341 e. The molecule has 0 radical (unpaired) electrons. The van der Waals surface area contributed by atoms with Gasteiger partial charge in [-0.1, -0.05) is 20.8 Å². The van der Waals surface area contributed by atoms with Crippen LogP contribution in [0.5, 0.6) is 0 Å². The summed E-state index contributed by atoms with van der Waals surface area (Å²) in [5, 5.41) is 0. The molecule has 1 aliphatic rings. The van der Waals surface area contributed by atoms with Gasteiger partial charge < -0.3 is 4.90 Å². The molecule has 1 aromatic rings. The van der Waals surface area contributed by atoms with Crippen LogP contribution >= 0.6 is 0 Å². The van der Waals surface area contributed by atoms with Crippen molar-refractivity contribution >= 4 is 15.9 Å². The van der Waals surface area contributed by atoms with Gasteiger partial charge >= 0.3 is 0 Å². The van der Waals surface area contributed by atoms with Gasteiger partial charge in [0.05, 0.1) is 4.90 Å². The third kappa shape index (κ3) is 5.01. The Hall–Kier alpha value is -1.47. The number of hydrogen-bond acceptors (Lipinski definition) is 3. The van der Waals surface area contributed by atoms with E-state index >= 15 is 0 Å². The van der Waals surface area contributed by atoms with E-state index in [1.807, 2.05) is 20.8 Å². The molecule has 2 rings (SSSR count). The highest BCUT2D eigenvalue weighted by molar-refractivity contribution is 7.89. The van der Waals surface area contributed by atoms with Crippen LogP contribution in [-0.4, -0.2) is 49.7 Å². The highest BCUT2D eigenvalue weighted by atomic mass is 32.2. The van der Waals surface area contributed by atoms with E-state index in [4.69, 9.17) is 0 Å². The number of amides is 1. The Morgan fingerprint density at radius 2 is 1.84 bits per heavy atom.